The zero-order chi connectivity index (χ0) is 19.3. The minimum Gasteiger partial charge on any atom is -0.453 e. The van der Waals surface area contributed by atoms with Gasteiger partial charge in [0, 0.05) is 28.7 Å². The summed E-state index contributed by atoms with van der Waals surface area (Å²) < 4.78 is 29.9. The number of hydrogen-bond donors (Lipinski definition) is 2. The van der Waals surface area contributed by atoms with Gasteiger partial charge in [-0.05, 0) is 26.2 Å². The molecule has 8 heteroatoms. The molecular formula is C15H21N5O3. The van der Waals surface area contributed by atoms with Gasteiger partial charge in [0.15, 0.2) is 0 Å². The number of alkyl carbamates (subject to hydrolysis) is 1. The van der Waals surface area contributed by atoms with Crippen LogP contribution in [0.1, 0.15) is 36.3 Å². The van der Waals surface area contributed by atoms with Crippen molar-refractivity contribution in [1.82, 2.24) is 19.4 Å². The van der Waals surface area contributed by atoms with Crippen molar-refractivity contribution in [2.45, 2.75) is 37.8 Å². The zero-order valence-electron chi connectivity index (χ0n) is 16.0. The van der Waals surface area contributed by atoms with Gasteiger partial charge in [0.1, 0.15) is 5.82 Å². The van der Waals surface area contributed by atoms with Crippen LogP contribution in [-0.4, -0.2) is 32.9 Å². The number of aromatic nitrogens is 3. The van der Waals surface area contributed by atoms with Crippen molar-refractivity contribution in [2.24, 2.45) is 6.98 Å². The van der Waals surface area contributed by atoms with E-state index in [9.17, 15) is 9.59 Å². The first-order valence-corrected chi connectivity index (χ1v) is 7.31. The largest absolute Gasteiger partial charge is 0.453 e. The van der Waals surface area contributed by atoms with Gasteiger partial charge in [-0.15, -0.1) is 0 Å². The van der Waals surface area contributed by atoms with E-state index in [-0.39, 0.29) is 17.4 Å². The Kier molecular flexibility index (Phi) is 2.76. The highest BCUT2D eigenvalue weighted by Gasteiger charge is 2.38. The molecule has 8 nitrogen and oxygen atoms in total. The van der Waals surface area contributed by atoms with E-state index in [0.29, 0.717) is 24.8 Å². The van der Waals surface area contributed by atoms with Crippen LogP contribution >= 0.6 is 0 Å². The highest BCUT2D eigenvalue weighted by Crippen LogP contribution is 2.38. The van der Waals surface area contributed by atoms with Crippen molar-refractivity contribution < 1.29 is 13.6 Å². The van der Waals surface area contributed by atoms with Crippen molar-refractivity contribution in [2.75, 3.05) is 12.8 Å². The van der Waals surface area contributed by atoms with Crippen LogP contribution in [0.25, 0.3) is 11.0 Å². The number of amides is 1. The summed E-state index contributed by atoms with van der Waals surface area (Å²) in [5.41, 5.74) is 5.19. The summed E-state index contributed by atoms with van der Waals surface area (Å²) in [5, 5.41) is 2.79. The number of nitrogens with one attached hydrogen (secondary N) is 1. The predicted molar refractivity (Wildman–Crippen MR) is 86.2 cm³/mol. The number of methoxy groups -OCH3 is 1. The number of fused-ring (bicyclic) bond motifs is 1. The lowest BCUT2D eigenvalue weighted by Gasteiger charge is -2.25. The molecular weight excluding hydrogens is 298 g/mol. The van der Waals surface area contributed by atoms with E-state index in [1.54, 1.807) is 0 Å². The maximum Gasteiger partial charge on any atom is 0.407 e. The monoisotopic (exact) mass is 322 g/mol. The summed E-state index contributed by atoms with van der Waals surface area (Å²) in [6.45, 7) is -0.766. The predicted octanol–water partition coefficient (Wildman–Crippen LogP) is 1.16. The highest BCUT2D eigenvalue weighted by molar-refractivity contribution is 5.77. The van der Waals surface area contributed by atoms with Gasteiger partial charge in [0.2, 0.25) is 0 Å². The van der Waals surface area contributed by atoms with Crippen molar-refractivity contribution >= 4 is 22.9 Å². The van der Waals surface area contributed by atoms with Crippen molar-refractivity contribution in [3.8, 4) is 0 Å². The second-order valence-corrected chi connectivity index (χ2v) is 6.16. The second kappa shape index (κ2) is 5.29. The van der Waals surface area contributed by atoms with Gasteiger partial charge >= 0.3 is 11.8 Å². The van der Waals surface area contributed by atoms with Gasteiger partial charge in [0.25, 0.3) is 0 Å². The van der Waals surface area contributed by atoms with Crippen LogP contribution in [0, 0.1) is 0 Å². The Hall–Kier alpha value is -2.51. The summed E-state index contributed by atoms with van der Waals surface area (Å²) in [7, 11) is 1.29. The molecule has 0 aliphatic heterocycles. The number of pyridine rings is 1. The van der Waals surface area contributed by atoms with Gasteiger partial charge < -0.3 is 15.8 Å². The number of carbonyl (C=O) groups is 1. The number of anilines is 1. The first-order chi connectivity index (χ1) is 12.1. The van der Waals surface area contributed by atoms with Crippen molar-refractivity contribution in [3.05, 3.63) is 22.7 Å². The van der Waals surface area contributed by atoms with E-state index in [1.165, 1.54) is 23.9 Å². The van der Waals surface area contributed by atoms with Gasteiger partial charge in [-0.1, -0.05) is 0 Å². The van der Waals surface area contributed by atoms with Crippen LogP contribution in [-0.2, 0) is 11.7 Å². The summed E-state index contributed by atoms with van der Waals surface area (Å²) in [5.74, 6) is 0.197. The molecule has 1 aliphatic carbocycles. The number of hydrogen-bond acceptors (Lipinski definition) is 5. The maximum atomic E-state index is 12.9. The summed E-state index contributed by atoms with van der Waals surface area (Å²) in [6, 6.07) is 1.22. The van der Waals surface area contributed by atoms with Gasteiger partial charge in [-0.3, -0.25) is 9.13 Å². The molecule has 3 N–H and O–H groups in total. The van der Waals surface area contributed by atoms with Crippen LogP contribution in [0.5, 0.6) is 0 Å². The molecule has 0 saturated heterocycles. The van der Waals surface area contributed by atoms with E-state index < -0.39 is 24.3 Å². The fourth-order valence-corrected chi connectivity index (χ4v) is 3.33. The Morgan fingerprint density at radius 1 is 1.61 bits per heavy atom. The van der Waals surface area contributed by atoms with E-state index in [2.05, 4.69) is 15.0 Å². The molecule has 1 aliphatic rings. The van der Waals surface area contributed by atoms with Gasteiger partial charge in [-0.2, -0.15) is 0 Å². The molecule has 0 unspecified atom stereocenters. The fraction of sp³-hybridized carbons (Fsp3) is 0.533. The van der Waals surface area contributed by atoms with Gasteiger partial charge in [0.05, 0.1) is 24.3 Å². The minimum absolute atomic E-state index is 0.197. The molecule has 1 amide bonds. The maximum absolute atomic E-state index is 12.9. The number of nitrogen functional groups attached to an aromatic ring is 1. The standard InChI is InChI=1S/C15H21N5O3/c1-15(18-13(21)23-3)5-4-9(7-15)20-10-6-12(16)17-8-11(10)19(2)14(20)22/h6,8-9H,4-5,7H2,1-3H3,(H2,16,17)(H,18,21)/t9-,15+/m1/s1/i2D3. The lowest BCUT2D eigenvalue weighted by atomic mass is 10.0. The molecule has 23 heavy (non-hydrogen) atoms. The molecule has 124 valence electrons. The molecule has 0 radical (unpaired) electrons. The van der Waals surface area contributed by atoms with E-state index in [0.717, 1.165) is 4.57 Å². The molecule has 2 heterocycles. The van der Waals surface area contributed by atoms with E-state index >= 15 is 0 Å². The van der Waals surface area contributed by atoms with Crippen LogP contribution < -0.4 is 16.7 Å². The lowest BCUT2D eigenvalue weighted by Crippen LogP contribution is -2.44. The average Bonchev–Trinajstić information content (AvgIpc) is 3.03. The Morgan fingerprint density at radius 3 is 3.09 bits per heavy atom. The number of nitrogens with two attached hydrogens (primary N) is 1. The Balaban J connectivity index is 2.09. The van der Waals surface area contributed by atoms with Crippen LogP contribution in [0.2, 0.25) is 0 Å². The van der Waals surface area contributed by atoms with Crippen molar-refractivity contribution in [1.29, 1.82) is 0 Å². The highest BCUT2D eigenvalue weighted by atomic mass is 16.5. The average molecular weight is 322 g/mol. The molecule has 0 spiro atoms. The van der Waals surface area contributed by atoms with Crippen LogP contribution in [0.4, 0.5) is 10.6 Å². The van der Waals surface area contributed by atoms with Crippen LogP contribution in [0.15, 0.2) is 17.1 Å². The van der Waals surface area contributed by atoms with Crippen molar-refractivity contribution in [3.63, 3.8) is 0 Å². The normalized spacial score (nSPS) is 26.5. The fourth-order valence-electron chi connectivity index (χ4n) is 3.33. The third-order valence-electron chi connectivity index (χ3n) is 4.45. The zero-order valence-corrected chi connectivity index (χ0v) is 13.0. The minimum atomic E-state index is -2.63. The smallest absolute Gasteiger partial charge is 0.407 e. The summed E-state index contributed by atoms with van der Waals surface area (Å²) in [6.07, 6.45) is 2.45. The molecule has 1 fully saturated rings. The SMILES string of the molecule is [2H]C([2H])([2H])n1c(=O)n([C@@H]2CC[C@](C)(NC(=O)OC)C2)c2cc(N)ncc21. The molecule has 2 aromatic heterocycles. The number of carbonyl (C=O) groups excluding carboxylic acids is 1. The first-order valence-electron chi connectivity index (χ1n) is 8.81. The molecule has 2 aromatic rings. The molecule has 1 saturated carbocycles. The number of imidazole rings is 1. The molecule has 2 atom stereocenters. The van der Waals surface area contributed by atoms with Crippen LogP contribution in [0.3, 0.4) is 0 Å². The van der Waals surface area contributed by atoms with E-state index in [4.69, 9.17) is 9.85 Å². The third kappa shape index (κ3) is 2.54. The van der Waals surface area contributed by atoms with E-state index in [1.807, 2.05) is 6.92 Å². The summed E-state index contributed by atoms with van der Waals surface area (Å²) >= 11 is 0. The quantitative estimate of drug-likeness (QED) is 0.863. The Labute approximate surface area is 137 Å². The summed E-state index contributed by atoms with van der Waals surface area (Å²) in [4.78, 5) is 28.4. The number of rotatable bonds is 2. The first kappa shape index (κ1) is 12.0. The lowest BCUT2D eigenvalue weighted by molar-refractivity contribution is 0.157. The Morgan fingerprint density at radius 2 is 2.39 bits per heavy atom. The Bertz CT molecular complexity index is 920. The number of ether oxygens (including phenoxy) is 1. The second-order valence-electron chi connectivity index (χ2n) is 6.16. The van der Waals surface area contributed by atoms with Gasteiger partial charge in [-0.25, -0.2) is 14.6 Å². The third-order valence-corrected chi connectivity index (χ3v) is 4.45. The molecule has 0 bridgehead atoms. The molecule has 0 aromatic carbocycles. The topological polar surface area (TPSA) is 104 Å². The number of aryl methyl sites for hydroxylation is 1. The number of nitrogens with zero attached hydrogens (tertiary/aromatic N) is 3. The molecule has 3 rings (SSSR count).